The first-order valence-electron chi connectivity index (χ1n) is 7.34. The van der Waals surface area contributed by atoms with Gasteiger partial charge >= 0.3 is 0 Å². The number of halogens is 1. The number of ketones is 1. The largest absolute Gasteiger partial charge is 0.298 e. The van der Waals surface area contributed by atoms with Gasteiger partial charge in [-0.05, 0) is 46.8 Å². The third-order valence-corrected chi connectivity index (χ3v) is 5.83. The van der Waals surface area contributed by atoms with Crippen LogP contribution in [0.5, 0.6) is 0 Å². The maximum Gasteiger partial charge on any atom is 0.266 e. The van der Waals surface area contributed by atoms with E-state index in [0.29, 0.717) is 0 Å². The number of alkyl halides is 1. The molecule has 0 saturated heterocycles. The molecule has 1 aromatic rings. The van der Waals surface area contributed by atoms with Gasteiger partial charge in [0, 0.05) is 0 Å². The second-order valence-electron chi connectivity index (χ2n) is 6.37. The molecule has 126 valence electrons. The van der Waals surface area contributed by atoms with E-state index in [1.165, 1.54) is 19.1 Å². The molecular formula is C16H21ClN2O3S. The highest BCUT2D eigenvalue weighted by molar-refractivity contribution is 7.89. The van der Waals surface area contributed by atoms with E-state index in [0.717, 1.165) is 9.87 Å². The van der Waals surface area contributed by atoms with Gasteiger partial charge in [-0.3, -0.25) is 9.79 Å². The molecule has 7 heteroatoms. The standard InChI is InChI=1S/C16H21ClN2O3S/c1-10-6-8-13(9-7-10)23(21,22)19-14(12(3)20)16(4,5)18-15(19)11(2)17/h6-9,11,14H,1-5H3/t11-,14-/m0/s1. The third kappa shape index (κ3) is 3.15. The second kappa shape index (κ2) is 5.91. The van der Waals surface area contributed by atoms with Crippen LogP contribution >= 0.6 is 11.6 Å². The lowest BCUT2D eigenvalue weighted by Gasteiger charge is -2.31. The van der Waals surface area contributed by atoms with Gasteiger partial charge in [-0.25, -0.2) is 12.7 Å². The van der Waals surface area contributed by atoms with Gasteiger partial charge in [0.25, 0.3) is 10.0 Å². The maximum absolute atomic E-state index is 13.1. The van der Waals surface area contributed by atoms with Gasteiger partial charge < -0.3 is 0 Å². The topological polar surface area (TPSA) is 66.8 Å². The number of sulfonamides is 1. The lowest BCUT2D eigenvalue weighted by Crippen LogP contribution is -2.52. The number of carbonyl (C=O) groups excluding carboxylic acids is 1. The lowest BCUT2D eigenvalue weighted by molar-refractivity contribution is -0.120. The van der Waals surface area contributed by atoms with Gasteiger partial charge in [-0.15, -0.1) is 11.6 Å². The molecule has 0 aromatic heterocycles. The Bertz CT molecular complexity index is 752. The molecule has 1 aromatic carbocycles. The highest BCUT2D eigenvalue weighted by atomic mass is 35.5. The van der Waals surface area contributed by atoms with E-state index >= 15 is 0 Å². The van der Waals surface area contributed by atoms with Crippen LogP contribution in [0.2, 0.25) is 0 Å². The first-order valence-corrected chi connectivity index (χ1v) is 9.21. The molecule has 0 aliphatic carbocycles. The molecule has 0 spiro atoms. The lowest BCUT2D eigenvalue weighted by atomic mass is 9.94. The van der Waals surface area contributed by atoms with Crippen molar-refractivity contribution in [2.75, 3.05) is 0 Å². The van der Waals surface area contributed by atoms with E-state index in [2.05, 4.69) is 4.99 Å². The van der Waals surface area contributed by atoms with Crippen LogP contribution in [0.1, 0.15) is 33.3 Å². The predicted molar refractivity (Wildman–Crippen MR) is 91.5 cm³/mol. The number of aliphatic imine (C=N–C) groups is 1. The minimum absolute atomic E-state index is 0.122. The van der Waals surface area contributed by atoms with Crippen molar-refractivity contribution in [3.63, 3.8) is 0 Å². The molecule has 0 amide bonds. The van der Waals surface area contributed by atoms with Crippen molar-refractivity contribution in [1.29, 1.82) is 0 Å². The van der Waals surface area contributed by atoms with Crippen LogP contribution in [0.15, 0.2) is 34.2 Å². The Morgan fingerprint density at radius 3 is 2.26 bits per heavy atom. The number of hydrogen-bond acceptors (Lipinski definition) is 4. The van der Waals surface area contributed by atoms with E-state index in [4.69, 9.17) is 11.6 Å². The molecular weight excluding hydrogens is 336 g/mol. The molecule has 2 rings (SSSR count). The van der Waals surface area contributed by atoms with Crippen LogP contribution in [-0.2, 0) is 14.8 Å². The molecule has 23 heavy (non-hydrogen) atoms. The minimum Gasteiger partial charge on any atom is -0.298 e. The Hall–Kier alpha value is -1.40. The van der Waals surface area contributed by atoms with Gasteiger partial charge in [-0.1, -0.05) is 17.7 Å². The Morgan fingerprint density at radius 2 is 1.83 bits per heavy atom. The summed E-state index contributed by atoms with van der Waals surface area (Å²) in [7, 11) is -3.92. The van der Waals surface area contributed by atoms with Crippen molar-refractivity contribution in [2.45, 2.75) is 56.5 Å². The van der Waals surface area contributed by atoms with Crippen LogP contribution in [0.3, 0.4) is 0 Å². The fourth-order valence-electron chi connectivity index (χ4n) is 2.84. The van der Waals surface area contributed by atoms with Gasteiger partial charge in [0.1, 0.15) is 11.9 Å². The van der Waals surface area contributed by atoms with Gasteiger partial charge in [-0.2, -0.15) is 0 Å². The average Bonchev–Trinajstić information content (AvgIpc) is 2.72. The zero-order chi connectivity index (χ0) is 17.6. The third-order valence-electron chi connectivity index (χ3n) is 3.85. The zero-order valence-corrected chi connectivity index (χ0v) is 15.4. The predicted octanol–water partition coefficient (Wildman–Crippen LogP) is 2.76. The molecule has 1 aliphatic rings. The van der Waals surface area contributed by atoms with Crippen LogP contribution < -0.4 is 0 Å². The smallest absolute Gasteiger partial charge is 0.266 e. The summed E-state index contributed by atoms with van der Waals surface area (Å²) in [5, 5.41) is -0.626. The summed E-state index contributed by atoms with van der Waals surface area (Å²) < 4.78 is 27.3. The van der Waals surface area contributed by atoms with Gasteiger partial charge in [0.15, 0.2) is 5.78 Å². The average molecular weight is 357 g/mol. The number of benzene rings is 1. The van der Waals surface area contributed by atoms with E-state index in [-0.39, 0.29) is 16.5 Å². The first-order chi connectivity index (χ1) is 10.5. The fourth-order valence-corrected chi connectivity index (χ4v) is 4.89. The number of aryl methyl sites for hydroxylation is 1. The number of rotatable bonds is 4. The molecule has 0 bridgehead atoms. The molecule has 5 nitrogen and oxygen atoms in total. The van der Waals surface area contributed by atoms with Crippen LogP contribution in [0, 0.1) is 6.92 Å². The van der Waals surface area contributed by atoms with Crippen molar-refractivity contribution in [3.8, 4) is 0 Å². The van der Waals surface area contributed by atoms with Crippen molar-refractivity contribution in [2.24, 2.45) is 4.99 Å². The number of Topliss-reactive ketones (excluding diaryl/α,β-unsaturated/α-hetero) is 1. The van der Waals surface area contributed by atoms with Crippen molar-refractivity contribution in [3.05, 3.63) is 29.8 Å². The maximum atomic E-state index is 13.1. The molecule has 0 radical (unpaired) electrons. The van der Waals surface area contributed by atoms with Crippen molar-refractivity contribution < 1.29 is 13.2 Å². The quantitative estimate of drug-likeness (QED) is 0.779. The molecule has 0 unspecified atom stereocenters. The monoisotopic (exact) mass is 356 g/mol. The molecule has 0 saturated carbocycles. The molecule has 1 heterocycles. The fraction of sp³-hybridized carbons (Fsp3) is 0.500. The van der Waals surface area contributed by atoms with Gasteiger partial charge in [0.2, 0.25) is 0 Å². The normalized spacial score (nSPS) is 21.9. The highest BCUT2D eigenvalue weighted by Crippen LogP contribution is 2.35. The SMILES string of the molecule is CC(=O)[C@@H]1N(S(=O)(=O)c2ccc(C)cc2)C([C@H](C)Cl)=NC1(C)C. The van der Waals surface area contributed by atoms with E-state index < -0.39 is 27.0 Å². The number of nitrogens with zero attached hydrogens (tertiary/aromatic N) is 2. The molecule has 0 N–H and O–H groups in total. The molecule has 2 atom stereocenters. The molecule has 0 fully saturated rings. The Morgan fingerprint density at radius 1 is 1.30 bits per heavy atom. The van der Waals surface area contributed by atoms with E-state index in [1.807, 2.05) is 6.92 Å². The summed E-state index contributed by atoms with van der Waals surface area (Å²) >= 11 is 6.15. The van der Waals surface area contributed by atoms with E-state index in [9.17, 15) is 13.2 Å². The summed E-state index contributed by atoms with van der Waals surface area (Å²) in [4.78, 5) is 16.7. The summed E-state index contributed by atoms with van der Waals surface area (Å²) in [6.45, 7) is 8.38. The van der Waals surface area contributed by atoms with Gasteiger partial charge in [0.05, 0.1) is 15.8 Å². The van der Waals surface area contributed by atoms with Crippen molar-refractivity contribution >= 4 is 33.2 Å². The minimum atomic E-state index is -3.92. The number of hydrogen-bond donors (Lipinski definition) is 0. The summed E-state index contributed by atoms with van der Waals surface area (Å²) in [6, 6.07) is 5.60. The second-order valence-corrected chi connectivity index (χ2v) is 8.84. The zero-order valence-electron chi connectivity index (χ0n) is 13.9. The molecule has 1 aliphatic heterocycles. The summed E-state index contributed by atoms with van der Waals surface area (Å²) in [5.74, 6) is -0.0563. The number of amidine groups is 1. The summed E-state index contributed by atoms with van der Waals surface area (Å²) in [6.07, 6.45) is 0. The Kier molecular flexibility index (Phi) is 4.61. The number of carbonyl (C=O) groups is 1. The van der Waals surface area contributed by atoms with Crippen LogP contribution in [0.4, 0.5) is 0 Å². The Balaban J connectivity index is 2.63. The van der Waals surface area contributed by atoms with Crippen LogP contribution in [-0.4, -0.2) is 41.3 Å². The Labute approximate surface area is 142 Å². The van der Waals surface area contributed by atoms with Crippen LogP contribution in [0.25, 0.3) is 0 Å². The highest BCUT2D eigenvalue weighted by Gasteiger charge is 2.51. The van der Waals surface area contributed by atoms with Crippen molar-refractivity contribution in [1.82, 2.24) is 4.31 Å². The first kappa shape index (κ1) is 17.9. The summed E-state index contributed by atoms with van der Waals surface area (Å²) in [5.41, 5.74) is 0.0932. The van der Waals surface area contributed by atoms with E-state index in [1.54, 1.807) is 32.9 Å².